The number of amides is 2. The lowest BCUT2D eigenvalue weighted by Gasteiger charge is -2.33. The Labute approximate surface area is 135 Å². The van der Waals surface area contributed by atoms with E-state index in [1.165, 1.54) is 16.7 Å². The summed E-state index contributed by atoms with van der Waals surface area (Å²) >= 11 is 0. The second-order valence-electron chi connectivity index (χ2n) is 6.49. The summed E-state index contributed by atoms with van der Waals surface area (Å²) in [6.45, 7) is 5.03. The van der Waals surface area contributed by atoms with Gasteiger partial charge in [0.1, 0.15) is 12.1 Å². The van der Waals surface area contributed by atoms with Crippen molar-refractivity contribution < 1.29 is 14.7 Å². The third-order valence-corrected chi connectivity index (χ3v) is 4.77. The smallest absolute Gasteiger partial charge is 0.248 e. The molecule has 3 rings (SSSR count). The molecule has 0 aliphatic carbocycles. The van der Waals surface area contributed by atoms with Crippen LogP contribution in [-0.4, -0.2) is 53.1 Å². The molecule has 0 spiro atoms. The maximum Gasteiger partial charge on any atom is 0.248 e. The van der Waals surface area contributed by atoms with Crippen LogP contribution in [-0.2, 0) is 16.1 Å². The largest absolute Gasteiger partial charge is 0.394 e. The van der Waals surface area contributed by atoms with E-state index in [4.69, 9.17) is 0 Å². The quantitative estimate of drug-likeness (QED) is 0.721. The highest BCUT2D eigenvalue weighted by atomic mass is 16.3. The van der Waals surface area contributed by atoms with Crippen LogP contribution in [0.2, 0.25) is 0 Å². The highest BCUT2D eigenvalue weighted by molar-refractivity contribution is 5.97. The van der Waals surface area contributed by atoms with Gasteiger partial charge in [0.2, 0.25) is 11.8 Å². The number of carbonyl (C=O) groups is 2. The molecule has 2 saturated heterocycles. The molecular formula is C17H23N3O3. The summed E-state index contributed by atoms with van der Waals surface area (Å²) < 4.78 is 0. The van der Waals surface area contributed by atoms with Crippen LogP contribution in [0, 0.1) is 13.8 Å². The Hall–Kier alpha value is -1.92. The number of hydrogen-bond acceptors (Lipinski definition) is 4. The summed E-state index contributed by atoms with van der Waals surface area (Å²) in [4.78, 5) is 25.9. The molecule has 0 radical (unpaired) electrons. The molecule has 2 amide bonds. The molecule has 6 nitrogen and oxygen atoms in total. The van der Waals surface area contributed by atoms with Crippen molar-refractivity contribution in [2.45, 2.75) is 44.9 Å². The molecule has 0 aromatic heterocycles. The number of carbonyl (C=O) groups excluding carboxylic acids is 2. The molecule has 1 aromatic carbocycles. The number of rotatable bonds is 4. The van der Waals surface area contributed by atoms with Crippen molar-refractivity contribution in [3.05, 3.63) is 34.9 Å². The SMILES string of the molecule is Cc1ccc(C)c(CN[C@H]2C[C@H]3C(=O)N[C@H](CO)C(=O)N3C2)c1. The molecule has 1 aromatic rings. The van der Waals surface area contributed by atoms with Crippen LogP contribution in [0.4, 0.5) is 0 Å². The van der Waals surface area contributed by atoms with Crippen LogP contribution in [0.5, 0.6) is 0 Å². The van der Waals surface area contributed by atoms with Gasteiger partial charge in [0, 0.05) is 19.1 Å². The van der Waals surface area contributed by atoms with E-state index < -0.39 is 12.1 Å². The first-order valence-electron chi connectivity index (χ1n) is 8.01. The topological polar surface area (TPSA) is 81.7 Å². The number of nitrogens with one attached hydrogen (secondary N) is 2. The molecule has 2 aliphatic rings. The fraction of sp³-hybridized carbons (Fsp3) is 0.529. The Morgan fingerprint density at radius 2 is 2.13 bits per heavy atom. The number of piperazine rings is 1. The third kappa shape index (κ3) is 3.09. The molecule has 124 valence electrons. The van der Waals surface area contributed by atoms with Gasteiger partial charge < -0.3 is 20.6 Å². The molecule has 2 aliphatic heterocycles. The molecule has 3 atom stereocenters. The van der Waals surface area contributed by atoms with E-state index in [0.717, 1.165) is 6.54 Å². The normalized spacial score (nSPS) is 27.1. The standard InChI is InChI=1S/C17H23N3O3/c1-10-3-4-11(2)12(5-10)7-18-13-6-15-16(22)19-14(9-21)17(23)20(15)8-13/h3-5,13-15,18,21H,6-9H2,1-2H3,(H,19,22)/t13-,14+,15-/m0/s1. The first-order chi connectivity index (χ1) is 11.0. The molecule has 2 fully saturated rings. The average Bonchev–Trinajstić information content (AvgIpc) is 2.97. The lowest BCUT2D eigenvalue weighted by molar-refractivity contribution is -0.148. The first-order valence-corrected chi connectivity index (χ1v) is 8.01. The van der Waals surface area contributed by atoms with E-state index in [2.05, 4.69) is 42.7 Å². The molecule has 3 N–H and O–H groups in total. The molecular weight excluding hydrogens is 294 g/mol. The van der Waals surface area contributed by atoms with Crippen LogP contribution in [0.1, 0.15) is 23.1 Å². The second kappa shape index (κ2) is 6.29. The van der Waals surface area contributed by atoms with Crippen molar-refractivity contribution in [3.8, 4) is 0 Å². The van der Waals surface area contributed by atoms with Crippen LogP contribution >= 0.6 is 0 Å². The molecule has 0 saturated carbocycles. The minimum atomic E-state index is -0.795. The van der Waals surface area contributed by atoms with Gasteiger partial charge in [-0.15, -0.1) is 0 Å². The van der Waals surface area contributed by atoms with Gasteiger partial charge in [-0.1, -0.05) is 23.8 Å². The summed E-state index contributed by atoms with van der Waals surface area (Å²) in [5, 5.41) is 15.2. The van der Waals surface area contributed by atoms with Crippen molar-refractivity contribution in [2.75, 3.05) is 13.2 Å². The van der Waals surface area contributed by atoms with Gasteiger partial charge in [0.25, 0.3) is 0 Å². The van der Waals surface area contributed by atoms with E-state index in [-0.39, 0.29) is 24.5 Å². The van der Waals surface area contributed by atoms with E-state index in [9.17, 15) is 14.7 Å². The minimum Gasteiger partial charge on any atom is -0.394 e. The van der Waals surface area contributed by atoms with Gasteiger partial charge in [-0.25, -0.2) is 0 Å². The number of aliphatic hydroxyl groups excluding tert-OH is 1. The Morgan fingerprint density at radius 3 is 2.87 bits per heavy atom. The van der Waals surface area contributed by atoms with Gasteiger partial charge in [0.15, 0.2) is 0 Å². The molecule has 23 heavy (non-hydrogen) atoms. The van der Waals surface area contributed by atoms with Crippen molar-refractivity contribution in [1.82, 2.24) is 15.5 Å². The molecule has 0 bridgehead atoms. The van der Waals surface area contributed by atoms with Gasteiger partial charge in [-0.05, 0) is 31.4 Å². The van der Waals surface area contributed by atoms with Crippen LogP contribution < -0.4 is 10.6 Å². The predicted molar refractivity (Wildman–Crippen MR) is 85.7 cm³/mol. The van der Waals surface area contributed by atoms with Crippen LogP contribution in [0.3, 0.4) is 0 Å². The highest BCUT2D eigenvalue weighted by Gasteiger charge is 2.45. The Morgan fingerprint density at radius 1 is 1.35 bits per heavy atom. The van der Waals surface area contributed by atoms with E-state index in [1.807, 2.05) is 0 Å². The Balaban J connectivity index is 1.64. The third-order valence-electron chi connectivity index (χ3n) is 4.77. The van der Waals surface area contributed by atoms with Gasteiger partial charge in [-0.3, -0.25) is 9.59 Å². The van der Waals surface area contributed by atoms with E-state index in [0.29, 0.717) is 13.0 Å². The molecule has 2 heterocycles. The van der Waals surface area contributed by atoms with Crippen LogP contribution in [0.25, 0.3) is 0 Å². The fourth-order valence-corrected chi connectivity index (χ4v) is 3.37. The number of nitrogens with zero attached hydrogens (tertiary/aromatic N) is 1. The monoisotopic (exact) mass is 317 g/mol. The van der Waals surface area contributed by atoms with Crippen LogP contribution in [0.15, 0.2) is 18.2 Å². The van der Waals surface area contributed by atoms with Crippen molar-refractivity contribution in [2.24, 2.45) is 0 Å². The summed E-state index contributed by atoms with van der Waals surface area (Å²) in [5.74, 6) is -0.354. The van der Waals surface area contributed by atoms with Crippen molar-refractivity contribution in [1.29, 1.82) is 0 Å². The zero-order chi connectivity index (χ0) is 16.6. The minimum absolute atomic E-state index is 0.0899. The number of benzene rings is 1. The van der Waals surface area contributed by atoms with Crippen molar-refractivity contribution >= 4 is 11.8 Å². The molecule has 6 heteroatoms. The maximum atomic E-state index is 12.2. The van der Waals surface area contributed by atoms with Gasteiger partial charge >= 0.3 is 0 Å². The van der Waals surface area contributed by atoms with E-state index in [1.54, 1.807) is 4.90 Å². The van der Waals surface area contributed by atoms with E-state index >= 15 is 0 Å². The number of fused-ring (bicyclic) bond motifs is 1. The molecule has 0 unspecified atom stereocenters. The zero-order valence-corrected chi connectivity index (χ0v) is 13.5. The van der Waals surface area contributed by atoms with Crippen molar-refractivity contribution in [3.63, 3.8) is 0 Å². The Kier molecular flexibility index (Phi) is 4.37. The first kappa shape index (κ1) is 16.0. The Bertz CT molecular complexity index is 632. The summed E-state index contributed by atoms with van der Waals surface area (Å²) in [5.41, 5.74) is 3.68. The average molecular weight is 317 g/mol. The number of hydrogen-bond donors (Lipinski definition) is 3. The highest BCUT2D eigenvalue weighted by Crippen LogP contribution is 2.23. The fourth-order valence-electron chi connectivity index (χ4n) is 3.37. The maximum absolute atomic E-state index is 12.2. The number of aryl methyl sites for hydroxylation is 2. The lowest BCUT2D eigenvalue weighted by Crippen LogP contribution is -2.62. The van der Waals surface area contributed by atoms with Gasteiger partial charge in [0.05, 0.1) is 6.61 Å². The summed E-state index contributed by atoms with van der Waals surface area (Å²) in [7, 11) is 0. The summed E-state index contributed by atoms with van der Waals surface area (Å²) in [6, 6.07) is 5.23. The van der Waals surface area contributed by atoms with Gasteiger partial charge in [-0.2, -0.15) is 0 Å². The predicted octanol–water partition coefficient (Wildman–Crippen LogP) is -0.147. The summed E-state index contributed by atoms with van der Waals surface area (Å²) in [6.07, 6.45) is 0.612. The zero-order valence-electron chi connectivity index (χ0n) is 13.5. The lowest BCUT2D eigenvalue weighted by atomic mass is 10.0. The number of aliphatic hydroxyl groups is 1. The second-order valence-corrected chi connectivity index (χ2v) is 6.49.